The number of hydrogen-bond acceptors (Lipinski definition) is 3. The molecule has 0 aliphatic carbocycles. The molecule has 5 heteroatoms. The van der Waals surface area contributed by atoms with E-state index in [1.807, 2.05) is 0 Å². The van der Waals surface area contributed by atoms with Crippen molar-refractivity contribution < 1.29 is 14.7 Å². The molecule has 0 saturated carbocycles. The summed E-state index contributed by atoms with van der Waals surface area (Å²) in [6.45, 7) is 2.65. The number of aromatic carboxylic acids is 1. The predicted molar refractivity (Wildman–Crippen MR) is 96.6 cm³/mol. The van der Waals surface area contributed by atoms with Crippen LogP contribution in [0.4, 0.5) is 0 Å². The van der Waals surface area contributed by atoms with Gasteiger partial charge in [-0.05, 0) is 37.1 Å². The molecular weight excluding hydrogens is 322 g/mol. The standard InChI is InChI=1S/C19H21NO3S/c1-14-6-9-16(10-7-14)24-13-12-20-18(21)11-8-15-4-2-3-5-17(15)19(22)23/h2-7,9-10H,8,11-13H2,1H3,(H,20,21)(H,22,23). The van der Waals surface area contributed by atoms with Crippen molar-refractivity contribution in [3.05, 3.63) is 65.2 Å². The molecule has 0 aliphatic heterocycles. The molecule has 0 aliphatic rings. The average Bonchev–Trinajstić information content (AvgIpc) is 2.58. The van der Waals surface area contributed by atoms with Crippen LogP contribution < -0.4 is 5.32 Å². The molecule has 0 fully saturated rings. The maximum absolute atomic E-state index is 11.9. The molecule has 0 unspecified atom stereocenters. The molecule has 1 amide bonds. The van der Waals surface area contributed by atoms with Gasteiger partial charge in [-0.3, -0.25) is 4.79 Å². The zero-order valence-electron chi connectivity index (χ0n) is 13.6. The normalized spacial score (nSPS) is 10.4. The van der Waals surface area contributed by atoms with Crippen LogP contribution in [0.15, 0.2) is 53.4 Å². The maximum Gasteiger partial charge on any atom is 0.335 e. The summed E-state index contributed by atoms with van der Waals surface area (Å²) in [7, 11) is 0. The minimum Gasteiger partial charge on any atom is -0.478 e. The quantitative estimate of drug-likeness (QED) is 0.568. The van der Waals surface area contributed by atoms with E-state index in [0.717, 1.165) is 5.75 Å². The van der Waals surface area contributed by atoms with Gasteiger partial charge in [0.1, 0.15) is 0 Å². The van der Waals surface area contributed by atoms with Crippen molar-refractivity contribution in [2.75, 3.05) is 12.3 Å². The number of carbonyl (C=O) groups is 2. The van der Waals surface area contributed by atoms with Crippen molar-refractivity contribution >= 4 is 23.6 Å². The highest BCUT2D eigenvalue weighted by Gasteiger charge is 2.10. The molecule has 0 aromatic heterocycles. The van der Waals surface area contributed by atoms with Crippen LogP contribution in [0.5, 0.6) is 0 Å². The first-order valence-electron chi connectivity index (χ1n) is 7.83. The summed E-state index contributed by atoms with van der Waals surface area (Å²) >= 11 is 1.70. The van der Waals surface area contributed by atoms with Crippen molar-refractivity contribution in [1.29, 1.82) is 0 Å². The average molecular weight is 343 g/mol. The Bertz CT molecular complexity index is 698. The highest BCUT2D eigenvalue weighted by molar-refractivity contribution is 7.99. The molecule has 2 aromatic carbocycles. The van der Waals surface area contributed by atoms with Gasteiger partial charge >= 0.3 is 5.97 Å². The molecule has 2 aromatic rings. The van der Waals surface area contributed by atoms with E-state index in [4.69, 9.17) is 5.11 Å². The number of amides is 1. The zero-order valence-corrected chi connectivity index (χ0v) is 14.4. The van der Waals surface area contributed by atoms with Gasteiger partial charge < -0.3 is 10.4 Å². The van der Waals surface area contributed by atoms with E-state index < -0.39 is 5.97 Å². The van der Waals surface area contributed by atoms with Crippen LogP contribution in [0.1, 0.15) is 27.9 Å². The summed E-state index contributed by atoms with van der Waals surface area (Å²) in [6.07, 6.45) is 0.721. The lowest BCUT2D eigenvalue weighted by atomic mass is 10.0. The third-order valence-corrected chi connectivity index (χ3v) is 4.60. The van der Waals surface area contributed by atoms with Gasteiger partial charge in [-0.2, -0.15) is 0 Å². The monoisotopic (exact) mass is 343 g/mol. The van der Waals surface area contributed by atoms with Gasteiger partial charge in [0.05, 0.1) is 5.56 Å². The van der Waals surface area contributed by atoms with Crippen molar-refractivity contribution in [2.45, 2.75) is 24.7 Å². The molecule has 0 atom stereocenters. The van der Waals surface area contributed by atoms with Crippen molar-refractivity contribution in [3.8, 4) is 0 Å². The Hall–Kier alpha value is -2.27. The number of nitrogens with one attached hydrogen (secondary N) is 1. The zero-order chi connectivity index (χ0) is 17.4. The molecule has 126 valence electrons. The second-order valence-electron chi connectivity index (χ2n) is 5.47. The molecular formula is C19H21NO3S. The molecule has 0 bridgehead atoms. The van der Waals surface area contributed by atoms with Gasteiger partial charge in [0, 0.05) is 23.6 Å². The van der Waals surface area contributed by atoms with Crippen molar-refractivity contribution in [3.63, 3.8) is 0 Å². The molecule has 0 spiro atoms. The van der Waals surface area contributed by atoms with Crippen LogP contribution >= 0.6 is 11.8 Å². The fourth-order valence-corrected chi connectivity index (χ4v) is 3.05. The lowest BCUT2D eigenvalue weighted by Gasteiger charge is -2.07. The Labute approximate surface area is 146 Å². The summed E-state index contributed by atoms with van der Waals surface area (Å²) in [5.41, 5.74) is 2.18. The van der Waals surface area contributed by atoms with Crippen molar-refractivity contribution in [2.24, 2.45) is 0 Å². The topological polar surface area (TPSA) is 66.4 Å². The number of hydrogen-bond donors (Lipinski definition) is 2. The van der Waals surface area contributed by atoms with Crippen LogP contribution in [0, 0.1) is 6.92 Å². The van der Waals surface area contributed by atoms with Gasteiger partial charge in [0.15, 0.2) is 0 Å². The van der Waals surface area contributed by atoms with Gasteiger partial charge in [0.2, 0.25) is 5.91 Å². The lowest BCUT2D eigenvalue weighted by Crippen LogP contribution is -2.26. The van der Waals surface area contributed by atoms with Crippen LogP contribution in [-0.2, 0) is 11.2 Å². The molecule has 24 heavy (non-hydrogen) atoms. The third-order valence-electron chi connectivity index (χ3n) is 3.58. The lowest BCUT2D eigenvalue weighted by molar-refractivity contribution is -0.120. The summed E-state index contributed by atoms with van der Waals surface area (Å²) < 4.78 is 0. The van der Waals surface area contributed by atoms with Crippen LogP contribution in [0.3, 0.4) is 0 Å². The van der Waals surface area contributed by atoms with E-state index >= 15 is 0 Å². The molecule has 2 N–H and O–H groups in total. The smallest absolute Gasteiger partial charge is 0.335 e. The second-order valence-corrected chi connectivity index (χ2v) is 6.64. The summed E-state index contributed by atoms with van der Waals surface area (Å²) in [5.74, 6) is -0.208. The predicted octanol–water partition coefficient (Wildman–Crippen LogP) is 3.53. The molecule has 0 heterocycles. The van der Waals surface area contributed by atoms with Gasteiger partial charge in [0.25, 0.3) is 0 Å². The van der Waals surface area contributed by atoms with Crippen molar-refractivity contribution in [1.82, 2.24) is 5.32 Å². The van der Waals surface area contributed by atoms with Gasteiger partial charge in [-0.15, -0.1) is 11.8 Å². The maximum atomic E-state index is 11.9. The van der Waals surface area contributed by atoms with Crippen LogP contribution in [0.25, 0.3) is 0 Å². The number of carboxylic acid groups (broad SMARTS) is 1. The minimum atomic E-state index is -0.958. The number of rotatable bonds is 8. The number of carboxylic acids is 1. The second kappa shape index (κ2) is 9.13. The van der Waals surface area contributed by atoms with E-state index in [-0.39, 0.29) is 11.5 Å². The van der Waals surface area contributed by atoms with E-state index in [1.165, 1.54) is 10.5 Å². The largest absolute Gasteiger partial charge is 0.478 e. The fourth-order valence-electron chi connectivity index (χ4n) is 2.28. The van der Waals surface area contributed by atoms with Gasteiger partial charge in [-0.1, -0.05) is 35.9 Å². The Morgan fingerprint density at radius 2 is 1.79 bits per heavy atom. The summed E-state index contributed by atoms with van der Waals surface area (Å²) in [4.78, 5) is 24.2. The Balaban J connectivity index is 1.70. The van der Waals surface area contributed by atoms with Gasteiger partial charge in [-0.25, -0.2) is 4.79 Å². The van der Waals surface area contributed by atoms with E-state index in [0.29, 0.717) is 24.9 Å². The Morgan fingerprint density at radius 3 is 2.50 bits per heavy atom. The number of benzene rings is 2. The summed E-state index contributed by atoms with van der Waals surface area (Å²) in [5, 5.41) is 12.0. The van der Waals surface area contributed by atoms with E-state index in [9.17, 15) is 9.59 Å². The Morgan fingerprint density at radius 1 is 1.08 bits per heavy atom. The number of thioether (sulfide) groups is 1. The molecule has 0 radical (unpaired) electrons. The molecule has 2 rings (SSSR count). The van der Waals surface area contributed by atoms with E-state index in [1.54, 1.807) is 36.0 Å². The minimum absolute atomic E-state index is 0.0558. The Kier molecular flexibility index (Phi) is 6.88. The first-order valence-corrected chi connectivity index (χ1v) is 8.82. The van der Waals surface area contributed by atoms with E-state index in [2.05, 4.69) is 36.5 Å². The SMILES string of the molecule is Cc1ccc(SCCNC(=O)CCc2ccccc2C(=O)O)cc1. The highest BCUT2D eigenvalue weighted by atomic mass is 32.2. The highest BCUT2D eigenvalue weighted by Crippen LogP contribution is 2.17. The molecule has 4 nitrogen and oxygen atoms in total. The first-order chi connectivity index (χ1) is 11.6. The van der Waals surface area contributed by atoms with Crippen LogP contribution in [-0.4, -0.2) is 29.3 Å². The fraction of sp³-hybridized carbons (Fsp3) is 0.263. The number of carbonyl (C=O) groups excluding carboxylic acids is 1. The molecule has 0 saturated heterocycles. The number of aryl methyl sites for hydroxylation is 2. The van der Waals surface area contributed by atoms with Crippen LogP contribution in [0.2, 0.25) is 0 Å². The first kappa shape index (κ1) is 18.1. The summed E-state index contributed by atoms with van der Waals surface area (Å²) in [6, 6.07) is 15.1. The third kappa shape index (κ3) is 5.74.